The van der Waals surface area contributed by atoms with Crippen LogP contribution < -0.4 is 5.32 Å². The minimum atomic E-state index is -1.33. The lowest BCUT2D eigenvalue weighted by molar-refractivity contribution is 0.0441. The summed E-state index contributed by atoms with van der Waals surface area (Å²) in [7, 11) is 2.18. The van der Waals surface area contributed by atoms with Gasteiger partial charge in [-0.15, -0.1) is 11.3 Å². The van der Waals surface area contributed by atoms with Crippen molar-refractivity contribution in [1.29, 1.82) is 0 Å². The molecule has 11 heteroatoms. The molecule has 3 aromatic rings. The summed E-state index contributed by atoms with van der Waals surface area (Å²) in [6.45, 7) is 7.38. The molecule has 2 unspecified atom stereocenters. The first-order valence-corrected chi connectivity index (χ1v) is 15.1. The number of thiazole rings is 1. The summed E-state index contributed by atoms with van der Waals surface area (Å²) in [5.74, 6) is -0.991. The van der Waals surface area contributed by atoms with E-state index in [1.807, 2.05) is 18.2 Å². The minimum Gasteiger partial charge on any atom is -0.508 e. The van der Waals surface area contributed by atoms with Gasteiger partial charge in [-0.3, -0.25) is 14.6 Å². The van der Waals surface area contributed by atoms with Crippen LogP contribution in [-0.2, 0) is 13.1 Å². The van der Waals surface area contributed by atoms with Crippen LogP contribution in [0.5, 0.6) is 5.75 Å². The standard InChI is InChI=1S/C30H37FN6O3S/c1-34-12-14-36(15-13-34)23-7-10-35(11-8-23)18-20-3-2-4-21-19-37(29(40)26(20)21)27(24-17-22(31)5-6-25(24)38)28(39)33-30-32-9-16-41-30/h2-6,9,16-17,23,27-28,38-39H,7-8,10-15,18-19H2,1H3,(H,32,33). The van der Waals surface area contributed by atoms with Crippen molar-refractivity contribution in [2.45, 2.75) is 44.2 Å². The summed E-state index contributed by atoms with van der Waals surface area (Å²) in [5.41, 5.74) is 2.59. The molecule has 2 saturated heterocycles. The van der Waals surface area contributed by atoms with E-state index in [1.54, 1.807) is 11.6 Å². The molecule has 0 spiro atoms. The predicted molar refractivity (Wildman–Crippen MR) is 156 cm³/mol. The average Bonchev–Trinajstić information content (AvgIpc) is 3.60. The fourth-order valence-corrected chi connectivity index (χ4v) is 7.02. The number of nitrogens with zero attached hydrogens (tertiary/aromatic N) is 5. The van der Waals surface area contributed by atoms with Crippen LogP contribution in [0.4, 0.5) is 9.52 Å². The van der Waals surface area contributed by atoms with Gasteiger partial charge in [0.1, 0.15) is 17.6 Å². The summed E-state index contributed by atoms with van der Waals surface area (Å²) in [6, 6.07) is 9.06. The maximum absolute atomic E-state index is 14.3. The van der Waals surface area contributed by atoms with Crippen LogP contribution in [0.1, 0.15) is 45.9 Å². The first-order chi connectivity index (χ1) is 19.9. The normalized spacial score (nSPS) is 20.8. The van der Waals surface area contributed by atoms with Crippen molar-refractivity contribution >= 4 is 22.4 Å². The number of piperazine rings is 1. The lowest BCUT2D eigenvalue weighted by Crippen LogP contribution is -2.52. The zero-order valence-electron chi connectivity index (χ0n) is 23.2. The number of halogens is 1. The van der Waals surface area contributed by atoms with Gasteiger partial charge in [0.15, 0.2) is 11.4 Å². The van der Waals surface area contributed by atoms with Crippen LogP contribution in [0.2, 0.25) is 0 Å². The molecule has 3 aliphatic rings. The van der Waals surface area contributed by atoms with Gasteiger partial charge in [0.2, 0.25) is 0 Å². The molecule has 1 aromatic heterocycles. The molecule has 3 aliphatic heterocycles. The monoisotopic (exact) mass is 580 g/mol. The molecule has 1 amide bonds. The van der Waals surface area contributed by atoms with E-state index >= 15 is 0 Å². The first kappa shape index (κ1) is 28.0. The Labute approximate surface area is 243 Å². The minimum absolute atomic E-state index is 0.134. The highest BCUT2D eigenvalue weighted by Crippen LogP contribution is 2.39. The lowest BCUT2D eigenvalue weighted by atomic mass is 9.99. The van der Waals surface area contributed by atoms with Gasteiger partial charge in [0, 0.05) is 68.0 Å². The summed E-state index contributed by atoms with van der Waals surface area (Å²) in [4.78, 5) is 27.2. The Morgan fingerprint density at radius 2 is 1.90 bits per heavy atom. The van der Waals surface area contributed by atoms with E-state index in [2.05, 4.69) is 32.0 Å². The molecular formula is C30H37FN6O3S. The van der Waals surface area contributed by atoms with E-state index in [0.717, 1.165) is 69.3 Å². The molecule has 0 saturated carbocycles. The van der Waals surface area contributed by atoms with Crippen molar-refractivity contribution in [3.63, 3.8) is 0 Å². The Morgan fingerprint density at radius 1 is 1.12 bits per heavy atom. The zero-order chi connectivity index (χ0) is 28.5. The number of phenolic OH excluding ortho intramolecular Hbond substituents is 1. The molecule has 2 aromatic carbocycles. The van der Waals surface area contributed by atoms with Crippen LogP contribution in [0.25, 0.3) is 0 Å². The number of piperidine rings is 1. The number of hydrogen-bond acceptors (Lipinski definition) is 9. The van der Waals surface area contributed by atoms with Crippen LogP contribution in [0.3, 0.4) is 0 Å². The number of benzene rings is 2. The van der Waals surface area contributed by atoms with E-state index < -0.39 is 18.1 Å². The van der Waals surface area contributed by atoms with E-state index in [4.69, 9.17) is 0 Å². The average molecular weight is 581 g/mol. The molecule has 3 N–H and O–H groups in total. The third kappa shape index (κ3) is 5.96. The van der Waals surface area contributed by atoms with Crippen LogP contribution in [0.15, 0.2) is 48.0 Å². The lowest BCUT2D eigenvalue weighted by Gasteiger charge is -2.42. The van der Waals surface area contributed by atoms with E-state index in [1.165, 1.54) is 28.4 Å². The molecule has 2 fully saturated rings. The first-order valence-electron chi connectivity index (χ1n) is 14.3. The molecule has 0 bridgehead atoms. The number of aliphatic hydroxyl groups excluding tert-OH is 1. The Balaban J connectivity index is 1.20. The highest BCUT2D eigenvalue weighted by atomic mass is 32.1. The topological polar surface area (TPSA) is 95.4 Å². The van der Waals surface area contributed by atoms with Crippen molar-refractivity contribution in [1.82, 2.24) is 24.6 Å². The number of hydrogen-bond donors (Lipinski definition) is 3. The van der Waals surface area contributed by atoms with Gasteiger partial charge in [-0.2, -0.15) is 0 Å². The molecule has 0 aliphatic carbocycles. The second-order valence-corrected chi connectivity index (χ2v) is 12.2. The Morgan fingerprint density at radius 3 is 2.63 bits per heavy atom. The number of likely N-dealkylation sites (N-methyl/N-ethyl adjacent to an activating group) is 1. The maximum atomic E-state index is 14.3. The number of likely N-dealkylation sites (tertiary alicyclic amines) is 1. The van der Waals surface area contributed by atoms with Gasteiger partial charge in [-0.1, -0.05) is 18.2 Å². The molecule has 41 heavy (non-hydrogen) atoms. The molecule has 6 rings (SSSR count). The highest BCUT2D eigenvalue weighted by molar-refractivity contribution is 7.13. The fourth-order valence-electron chi connectivity index (χ4n) is 6.46. The molecular weight excluding hydrogens is 543 g/mol. The number of aliphatic hydroxyl groups is 1. The van der Waals surface area contributed by atoms with E-state index in [0.29, 0.717) is 23.3 Å². The number of nitrogens with one attached hydrogen (secondary N) is 1. The number of rotatable bonds is 8. The SMILES string of the molecule is CN1CCN(C2CCN(Cc3cccc4c3C(=O)N(C(c3cc(F)ccc3O)C(O)Nc3nccs3)C4)CC2)CC1. The number of aromatic nitrogens is 1. The predicted octanol–water partition coefficient (Wildman–Crippen LogP) is 3.33. The van der Waals surface area contributed by atoms with Crippen molar-refractivity contribution in [3.8, 4) is 5.75 Å². The number of fused-ring (bicyclic) bond motifs is 1. The van der Waals surface area contributed by atoms with Crippen LogP contribution >= 0.6 is 11.3 Å². The van der Waals surface area contributed by atoms with Crippen LogP contribution in [-0.4, -0.2) is 99.3 Å². The van der Waals surface area contributed by atoms with Gasteiger partial charge >= 0.3 is 0 Å². The van der Waals surface area contributed by atoms with Gasteiger partial charge < -0.3 is 25.3 Å². The zero-order valence-corrected chi connectivity index (χ0v) is 24.1. The van der Waals surface area contributed by atoms with Gasteiger partial charge in [-0.25, -0.2) is 9.37 Å². The third-order valence-electron chi connectivity index (χ3n) is 8.70. The van der Waals surface area contributed by atoms with Crippen molar-refractivity contribution in [2.75, 3.05) is 51.6 Å². The quantitative estimate of drug-likeness (QED) is 0.350. The number of anilines is 1. The second-order valence-electron chi connectivity index (χ2n) is 11.3. The van der Waals surface area contributed by atoms with E-state index in [9.17, 15) is 19.4 Å². The van der Waals surface area contributed by atoms with Gasteiger partial charge in [0.05, 0.1) is 0 Å². The highest BCUT2D eigenvalue weighted by Gasteiger charge is 2.40. The number of carbonyl (C=O) groups excluding carboxylic acids is 1. The number of carbonyl (C=O) groups is 1. The van der Waals surface area contributed by atoms with Crippen molar-refractivity contribution < 1.29 is 19.4 Å². The van der Waals surface area contributed by atoms with E-state index in [-0.39, 0.29) is 23.8 Å². The Kier molecular flexibility index (Phi) is 8.23. The Bertz CT molecular complexity index is 1360. The number of phenols is 1. The third-order valence-corrected chi connectivity index (χ3v) is 9.41. The molecule has 9 nitrogen and oxygen atoms in total. The molecule has 0 radical (unpaired) electrons. The van der Waals surface area contributed by atoms with Gasteiger partial charge in [-0.05, 0) is 62.3 Å². The summed E-state index contributed by atoms with van der Waals surface area (Å²) < 4.78 is 14.3. The summed E-state index contributed by atoms with van der Waals surface area (Å²) in [6.07, 6.45) is 2.51. The maximum Gasteiger partial charge on any atom is 0.255 e. The molecule has 4 heterocycles. The molecule has 2 atom stereocenters. The van der Waals surface area contributed by atoms with Crippen molar-refractivity contribution in [2.24, 2.45) is 0 Å². The van der Waals surface area contributed by atoms with Gasteiger partial charge in [0.25, 0.3) is 5.91 Å². The smallest absolute Gasteiger partial charge is 0.255 e. The summed E-state index contributed by atoms with van der Waals surface area (Å²) in [5, 5.41) is 27.1. The van der Waals surface area contributed by atoms with Crippen molar-refractivity contribution in [3.05, 3.63) is 76.0 Å². The number of aromatic hydroxyl groups is 1. The fraction of sp³-hybridized carbons (Fsp3) is 0.467. The number of amides is 1. The second kappa shape index (κ2) is 12.0. The van der Waals surface area contributed by atoms with Crippen LogP contribution in [0, 0.1) is 5.82 Å². The molecule has 218 valence electrons. The Hall–Kier alpha value is -3.09. The largest absolute Gasteiger partial charge is 0.508 e. The summed E-state index contributed by atoms with van der Waals surface area (Å²) >= 11 is 1.30.